The predicted molar refractivity (Wildman–Crippen MR) is 164 cm³/mol. The van der Waals surface area contributed by atoms with Crippen molar-refractivity contribution in [1.29, 1.82) is 0 Å². The molecule has 0 spiro atoms. The normalized spacial score (nSPS) is 14.2. The number of primary amides is 1. The van der Waals surface area contributed by atoms with Crippen LogP contribution in [0.15, 0.2) is 30.3 Å². The van der Waals surface area contributed by atoms with E-state index in [9.17, 15) is 38.7 Å². The molecular formula is C29H46N8O8. The number of nitrogens with one attached hydrogen (secondary N) is 5. The summed E-state index contributed by atoms with van der Waals surface area (Å²) in [7, 11) is 0. The van der Waals surface area contributed by atoms with Gasteiger partial charge in [-0.3, -0.25) is 28.8 Å². The summed E-state index contributed by atoms with van der Waals surface area (Å²) in [5.74, 6) is -6.10. The Morgan fingerprint density at radius 1 is 0.778 bits per heavy atom. The minimum Gasteiger partial charge on any atom is -0.480 e. The van der Waals surface area contributed by atoms with E-state index in [2.05, 4.69) is 26.6 Å². The van der Waals surface area contributed by atoms with Crippen molar-refractivity contribution in [3.05, 3.63) is 35.9 Å². The van der Waals surface area contributed by atoms with Crippen LogP contribution in [0.25, 0.3) is 0 Å². The maximum atomic E-state index is 13.5. The minimum atomic E-state index is -1.61. The number of carbonyl (C=O) groups is 7. The molecule has 0 saturated heterocycles. The number of carboxylic acid groups (broad SMARTS) is 1. The number of hydrogen-bond donors (Lipinski definition) is 9. The first-order chi connectivity index (χ1) is 21.2. The molecule has 6 amide bonds. The fraction of sp³-hybridized carbons (Fsp3) is 0.552. The van der Waals surface area contributed by atoms with Crippen molar-refractivity contribution in [2.75, 3.05) is 13.1 Å². The molecule has 0 heterocycles. The number of amides is 6. The molecule has 1 rings (SSSR count). The Bertz CT molecular complexity index is 1180. The average molecular weight is 635 g/mol. The van der Waals surface area contributed by atoms with E-state index < -0.39 is 84.6 Å². The quantitative estimate of drug-likeness (QED) is 0.0673. The zero-order chi connectivity index (χ0) is 34.1. The van der Waals surface area contributed by atoms with Gasteiger partial charge in [0.15, 0.2) is 0 Å². The van der Waals surface area contributed by atoms with E-state index in [1.807, 2.05) is 0 Å². The van der Waals surface area contributed by atoms with Gasteiger partial charge in [0, 0.05) is 6.42 Å². The Balaban J connectivity index is 3.06. The first-order valence-electron chi connectivity index (χ1n) is 14.6. The van der Waals surface area contributed by atoms with Crippen molar-refractivity contribution >= 4 is 41.4 Å². The molecule has 1 aromatic rings. The fourth-order valence-electron chi connectivity index (χ4n) is 4.01. The van der Waals surface area contributed by atoms with Crippen LogP contribution in [0.3, 0.4) is 0 Å². The molecule has 45 heavy (non-hydrogen) atoms. The second-order valence-corrected chi connectivity index (χ2v) is 10.9. The standard InChI is InChI=1S/C29H46N8O8/c1-16(2)24(32)28(43)33-15-23(39)34-17(3)25(40)36-20(13-18-9-5-4-6-10-18)27(42)35-19(11-7-8-12-30)26(41)37-21(29(44)45)14-22(31)38/h4-6,9-10,16-17,19-21,24H,7-8,11-15,30,32H2,1-3H3,(H2,31,38)(H,33,43)(H,34,39)(H,35,42)(H,36,40)(H,37,41)(H,44,45)/t17-,19-,20-,21-,24-/m0/s1. The van der Waals surface area contributed by atoms with E-state index in [1.165, 1.54) is 6.92 Å². The van der Waals surface area contributed by atoms with Gasteiger partial charge >= 0.3 is 5.97 Å². The van der Waals surface area contributed by atoms with Crippen LogP contribution in [0.4, 0.5) is 0 Å². The molecule has 0 aromatic heterocycles. The number of carbonyl (C=O) groups excluding carboxylic acids is 6. The second kappa shape index (κ2) is 19.7. The summed E-state index contributed by atoms with van der Waals surface area (Å²) in [6, 6.07) is 2.72. The van der Waals surface area contributed by atoms with Gasteiger partial charge in [-0.2, -0.15) is 0 Å². The summed E-state index contributed by atoms with van der Waals surface area (Å²) >= 11 is 0. The highest BCUT2D eigenvalue weighted by Crippen LogP contribution is 2.08. The van der Waals surface area contributed by atoms with Crippen molar-refractivity contribution in [1.82, 2.24) is 26.6 Å². The van der Waals surface area contributed by atoms with Crippen molar-refractivity contribution < 1.29 is 38.7 Å². The van der Waals surface area contributed by atoms with Gasteiger partial charge in [-0.1, -0.05) is 44.2 Å². The third-order valence-electron chi connectivity index (χ3n) is 6.73. The van der Waals surface area contributed by atoms with E-state index in [0.717, 1.165) is 0 Å². The second-order valence-electron chi connectivity index (χ2n) is 10.9. The molecule has 0 fully saturated rings. The van der Waals surface area contributed by atoms with Crippen LogP contribution in [0, 0.1) is 5.92 Å². The van der Waals surface area contributed by atoms with Crippen molar-refractivity contribution in [2.24, 2.45) is 23.1 Å². The first-order valence-corrected chi connectivity index (χ1v) is 14.6. The van der Waals surface area contributed by atoms with E-state index in [0.29, 0.717) is 24.9 Å². The zero-order valence-electron chi connectivity index (χ0n) is 25.8. The molecule has 16 nitrogen and oxygen atoms in total. The molecule has 12 N–H and O–H groups in total. The van der Waals surface area contributed by atoms with Crippen LogP contribution in [0.1, 0.15) is 52.0 Å². The molecule has 0 aliphatic rings. The van der Waals surface area contributed by atoms with E-state index in [-0.39, 0.29) is 18.8 Å². The van der Waals surface area contributed by atoms with Crippen LogP contribution in [-0.2, 0) is 40.0 Å². The lowest BCUT2D eigenvalue weighted by Crippen LogP contribution is -2.58. The largest absolute Gasteiger partial charge is 0.480 e. The average Bonchev–Trinajstić information content (AvgIpc) is 2.98. The van der Waals surface area contributed by atoms with E-state index in [4.69, 9.17) is 17.2 Å². The van der Waals surface area contributed by atoms with Crippen LogP contribution in [-0.4, -0.2) is 89.8 Å². The van der Waals surface area contributed by atoms with Gasteiger partial charge in [0.2, 0.25) is 35.4 Å². The Morgan fingerprint density at radius 2 is 1.36 bits per heavy atom. The lowest BCUT2D eigenvalue weighted by atomic mass is 10.0. The lowest BCUT2D eigenvalue weighted by molar-refractivity contribution is -0.143. The molecule has 5 atom stereocenters. The highest BCUT2D eigenvalue weighted by atomic mass is 16.4. The molecule has 0 bridgehead atoms. The van der Waals surface area contributed by atoms with Gasteiger partial charge in [-0.05, 0) is 44.2 Å². The smallest absolute Gasteiger partial charge is 0.326 e. The van der Waals surface area contributed by atoms with Gasteiger partial charge in [0.05, 0.1) is 19.0 Å². The molecule has 0 unspecified atom stereocenters. The number of unbranched alkanes of at least 4 members (excludes halogenated alkanes) is 1. The zero-order valence-corrected chi connectivity index (χ0v) is 25.8. The molecule has 0 aliphatic carbocycles. The summed E-state index contributed by atoms with van der Waals surface area (Å²) < 4.78 is 0. The van der Waals surface area contributed by atoms with Crippen molar-refractivity contribution in [2.45, 2.75) is 83.1 Å². The Labute approximate surface area is 262 Å². The Kier molecular flexibility index (Phi) is 16.8. The van der Waals surface area contributed by atoms with Gasteiger partial charge in [-0.25, -0.2) is 4.79 Å². The predicted octanol–water partition coefficient (Wildman–Crippen LogP) is -2.62. The Hall–Kier alpha value is -4.57. The molecule has 0 aliphatic heterocycles. The van der Waals surface area contributed by atoms with Crippen LogP contribution in [0.5, 0.6) is 0 Å². The lowest BCUT2D eigenvalue weighted by Gasteiger charge is -2.25. The summed E-state index contributed by atoms with van der Waals surface area (Å²) in [6.45, 7) is 4.79. The maximum Gasteiger partial charge on any atom is 0.326 e. The van der Waals surface area contributed by atoms with E-state index >= 15 is 0 Å². The number of benzene rings is 1. The van der Waals surface area contributed by atoms with Gasteiger partial charge in [0.1, 0.15) is 24.2 Å². The third-order valence-corrected chi connectivity index (χ3v) is 6.73. The van der Waals surface area contributed by atoms with Crippen LogP contribution in [0.2, 0.25) is 0 Å². The molecule has 1 aromatic carbocycles. The first kappa shape index (κ1) is 38.5. The topological polar surface area (TPSA) is 278 Å². The van der Waals surface area contributed by atoms with E-state index in [1.54, 1.807) is 44.2 Å². The van der Waals surface area contributed by atoms with Gasteiger partial charge in [-0.15, -0.1) is 0 Å². The molecule has 0 radical (unpaired) electrons. The Morgan fingerprint density at radius 3 is 1.91 bits per heavy atom. The van der Waals surface area contributed by atoms with Gasteiger partial charge < -0.3 is 48.9 Å². The minimum absolute atomic E-state index is 0.0127. The third kappa shape index (κ3) is 14.6. The summed E-state index contributed by atoms with van der Waals surface area (Å²) in [4.78, 5) is 86.8. The highest BCUT2D eigenvalue weighted by Gasteiger charge is 2.31. The van der Waals surface area contributed by atoms with Gasteiger partial charge in [0.25, 0.3) is 0 Å². The molecule has 250 valence electrons. The van der Waals surface area contributed by atoms with Crippen molar-refractivity contribution in [3.8, 4) is 0 Å². The molecular weight excluding hydrogens is 588 g/mol. The fourth-order valence-corrected chi connectivity index (χ4v) is 4.01. The highest BCUT2D eigenvalue weighted by molar-refractivity contribution is 5.96. The van der Waals surface area contributed by atoms with Crippen LogP contribution < -0.4 is 43.8 Å². The number of hydrogen-bond acceptors (Lipinski definition) is 9. The SMILES string of the molecule is CC(C)[C@H](N)C(=O)NCC(=O)N[C@@H](C)C(=O)N[C@@H](Cc1ccccc1)C(=O)N[C@@H](CCCCN)C(=O)N[C@@H](CC(N)=O)C(=O)O. The summed E-state index contributed by atoms with van der Waals surface area (Å²) in [6.07, 6.45) is 0.352. The number of aliphatic carboxylic acids is 1. The number of nitrogens with two attached hydrogens (primary N) is 3. The molecule has 0 saturated carbocycles. The van der Waals surface area contributed by atoms with Crippen molar-refractivity contribution in [3.63, 3.8) is 0 Å². The molecule has 16 heteroatoms. The maximum absolute atomic E-state index is 13.5. The van der Waals surface area contributed by atoms with Crippen LogP contribution >= 0.6 is 0 Å². The summed E-state index contributed by atoms with van der Waals surface area (Å²) in [5.41, 5.74) is 17.1. The number of rotatable bonds is 20. The monoisotopic (exact) mass is 634 g/mol. The summed E-state index contributed by atoms with van der Waals surface area (Å²) in [5, 5.41) is 21.6. The number of carboxylic acids is 1.